The molecule has 2 aliphatic heterocycles. The van der Waals surface area contributed by atoms with Crippen molar-refractivity contribution in [2.24, 2.45) is 0 Å². The van der Waals surface area contributed by atoms with E-state index in [9.17, 15) is 9.59 Å². The Bertz CT molecular complexity index is 587. The van der Waals surface area contributed by atoms with E-state index >= 15 is 0 Å². The van der Waals surface area contributed by atoms with Gasteiger partial charge in [0.2, 0.25) is 0 Å². The number of hydrogen-bond acceptors (Lipinski definition) is 5. The van der Waals surface area contributed by atoms with E-state index in [4.69, 9.17) is 19.3 Å². The van der Waals surface area contributed by atoms with Crippen molar-refractivity contribution in [3.05, 3.63) is 23.8 Å². The number of carbonyl (C=O) groups excluding carboxylic acids is 1. The van der Waals surface area contributed by atoms with Gasteiger partial charge in [-0.05, 0) is 12.1 Å². The smallest absolute Gasteiger partial charge is 0.306 e. The van der Waals surface area contributed by atoms with Crippen molar-refractivity contribution in [2.75, 3.05) is 32.9 Å². The highest BCUT2D eigenvalue weighted by atomic mass is 16.6. The molecule has 1 aromatic carbocycles. The van der Waals surface area contributed by atoms with Gasteiger partial charge >= 0.3 is 5.97 Å². The summed E-state index contributed by atoms with van der Waals surface area (Å²) < 4.78 is 16.4. The normalized spacial score (nSPS) is 20.5. The molecule has 0 bridgehead atoms. The van der Waals surface area contributed by atoms with Crippen molar-refractivity contribution in [1.82, 2.24) is 4.90 Å². The van der Waals surface area contributed by atoms with Gasteiger partial charge in [-0.15, -0.1) is 0 Å². The fourth-order valence-electron chi connectivity index (χ4n) is 2.63. The fraction of sp³-hybridized carbons (Fsp3) is 0.467. The molecule has 1 amide bonds. The van der Waals surface area contributed by atoms with Crippen molar-refractivity contribution in [2.45, 2.75) is 12.5 Å². The number of carboxylic acids is 1. The van der Waals surface area contributed by atoms with Crippen LogP contribution in [0, 0.1) is 0 Å². The van der Waals surface area contributed by atoms with E-state index in [1.54, 1.807) is 23.1 Å². The monoisotopic (exact) mass is 307 g/mol. The Morgan fingerprint density at radius 1 is 1.23 bits per heavy atom. The fourth-order valence-corrected chi connectivity index (χ4v) is 2.63. The van der Waals surface area contributed by atoms with Crippen molar-refractivity contribution < 1.29 is 28.9 Å². The summed E-state index contributed by atoms with van der Waals surface area (Å²) in [6, 6.07) is 5.20. The standard InChI is InChI=1S/C15H17NO6/c17-13(18)8-10-9-16(4-5-20-10)15(19)11-2-1-3-12-14(11)22-7-6-21-12/h1-3,10H,4-9H2,(H,17,18). The molecule has 7 heteroatoms. The summed E-state index contributed by atoms with van der Waals surface area (Å²) in [6.07, 6.45) is -0.595. The van der Waals surface area contributed by atoms with E-state index in [2.05, 4.69) is 0 Å². The van der Waals surface area contributed by atoms with Gasteiger partial charge in [-0.25, -0.2) is 0 Å². The van der Waals surface area contributed by atoms with Crippen LogP contribution in [-0.4, -0.2) is 60.9 Å². The minimum atomic E-state index is -0.937. The van der Waals surface area contributed by atoms with Crippen LogP contribution in [0.3, 0.4) is 0 Å². The summed E-state index contributed by atoms with van der Waals surface area (Å²) >= 11 is 0. The topological polar surface area (TPSA) is 85.3 Å². The lowest BCUT2D eigenvalue weighted by Gasteiger charge is -2.33. The molecule has 0 aliphatic carbocycles. The van der Waals surface area contributed by atoms with Crippen molar-refractivity contribution in [3.8, 4) is 11.5 Å². The molecule has 0 aromatic heterocycles. The number of ether oxygens (including phenoxy) is 3. The van der Waals surface area contributed by atoms with Crippen LogP contribution in [0.4, 0.5) is 0 Å². The highest BCUT2D eigenvalue weighted by molar-refractivity contribution is 5.98. The van der Waals surface area contributed by atoms with Crippen LogP contribution in [0.1, 0.15) is 16.8 Å². The highest BCUT2D eigenvalue weighted by Gasteiger charge is 2.29. The van der Waals surface area contributed by atoms with Crippen LogP contribution >= 0.6 is 0 Å². The minimum absolute atomic E-state index is 0.115. The van der Waals surface area contributed by atoms with Gasteiger partial charge in [0.05, 0.1) is 24.7 Å². The Kier molecular flexibility index (Phi) is 4.15. The predicted octanol–water partition coefficient (Wildman–Crippen LogP) is 0.773. The van der Waals surface area contributed by atoms with Crippen LogP contribution in [0.25, 0.3) is 0 Å². The van der Waals surface area contributed by atoms with E-state index in [-0.39, 0.29) is 18.9 Å². The third kappa shape index (κ3) is 2.99. The number of amides is 1. The molecule has 1 saturated heterocycles. The molecule has 1 unspecified atom stereocenters. The van der Waals surface area contributed by atoms with Crippen LogP contribution in [0.5, 0.6) is 11.5 Å². The number of aliphatic carboxylic acids is 1. The third-order valence-electron chi connectivity index (χ3n) is 3.62. The number of carbonyl (C=O) groups is 2. The largest absolute Gasteiger partial charge is 0.486 e. The van der Waals surface area contributed by atoms with Gasteiger partial charge in [0.15, 0.2) is 11.5 Å². The van der Waals surface area contributed by atoms with Crippen molar-refractivity contribution >= 4 is 11.9 Å². The average Bonchev–Trinajstić information content (AvgIpc) is 2.53. The molecule has 0 spiro atoms. The first kappa shape index (κ1) is 14.6. The quantitative estimate of drug-likeness (QED) is 0.888. The maximum atomic E-state index is 12.7. The molecule has 22 heavy (non-hydrogen) atoms. The first-order chi connectivity index (χ1) is 10.6. The molecular formula is C15H17NO6. The lowest BCUT2D eigenvalue weighted by Crippen LogP contribution is -2.46. The molecule has 0 saturated carbocycles. The van der Waals surface area contributed by atoms with Crippen molar-refractivity contribution in [3.63, 3.8) is 0 Å². The van der Waals surface area contributed by atoms with E-state index in [0.717, 1.165) is 0 Å². The molecule has 1 fully saturated rings. The van der Waals surface area contributed by atoms with Gasteiger partial charge in [0, 0.05) is 13.1 Å². The van der Waals surface area contributed by atoms with Gasteiger partial charge in [0.25, 0.3) is 5.91 Å². The zero-order valence-electron chi connectivity index (χ0n) is 12.0. The number of para-hydroxylation sites is 1. The van der Waals surface area contributed by atoms with Crippen LogP contribution < -0.4 is 9.47 Å². The number of fused-ring (bicyclic) bond motifs is 1. The summed E-state index contributed by atoms with van der Waals surface area (Å²) in [5.41, 5.74) is 0.438. The summed E-state index contributed by atoms with van der Waals surface area (Å²) in [4.78, 5) is 25.1. The Hall–Kier alpha value is -2.28. The predicted molar refractivity (Wildman–Crippen MR) is 75.3 cm³/mol. The van der Waals surface area contributed by atoms with Gasteiger partial charge in [-0.3, -0.25) is 9.59 Å². The molecule has 1 aromatic rings. The number of rotatable bonds is 3. The molecule has 2 aliphatic rings. The number of morpholine rings is 1. The van der Waals surface area contributed by atoms with Crippen molar-refractivity contribution in [1.29, 1.82) is 0 Å². The van der Waals surface area contributed by atoms with Crippen LogP contribution in [0.2, 0.25) is 0 Å². The molecular weight excluding hydrogens is 290 g/mol. The van der Waals surface area contributed by atoms with Gasteiger partial charge in [0.1, 0.15) is 13.2 Å². The molecule has 0 radical (unpaired) electrons. The Balaban J connectivity index is 1.77. The first-order valence-corrected chi connectivity index (χ1v) is 7.16. The molecule has 118 valence electrons. The third-order valence-corrected chi connectivity index (χ3v) is 3.62. The Morgan fingerprint density at radius 3 is 2.86 bits per heavy atom. The second-order valence-corrected chi connectivity index (χ2v) is 5.17. The molecule has 7 nitrogen and oxygen atoms in total. The lowest BCUT2D eigenvalue weighted by molar-refractivity contribution is -0.141. The van der Waals surface area contributed by atoms with Gasteiger partial charge in [-0.1, -0.05) is 6.07 Å². The van der Waals surface area contributed by atoms with E-state index in [1.807, 2.05) is 0 Å². The number of benzene rings is 1. The van der Waals surface area contributed by atoms with Crippen LogP contribution in [0.15, 0.2) is 18.2 Å². The Labute approximate surface area is 127 Å². The molecule has 2 heterocycles. The maximum Gasteiger partial charge on any atom is 0.306 e. The average molecular weight is 307 g/mol. The summed E-state index contributed by atoms with van der Waals surface area (Å²) in [7, 11) is 0. The van der Waals surface area contributed by atoms with Crippen LogP contribution in [-0.2, 0) is 9.53 Å². The van der Waals surface area contributed by atoms with E-state index in [0.29, 0.717) is 43.4 Å². The van der Waals surface area contributed by atoms with Gasteiger partial charge < -0.3 is 24.2 Å². The molecule has 1 atom stereocenters. The zero-order chi connectivity index (χ0) is 15.5. The van der Waals surface area contributed by atoms with E-state index in [1.165, 1.54) is 0 Å². The van der Waals surface area contributed by atoms with Gasteiger partial charge in [-0.2, -0.15) is 0 Å². The zero-order valence-corrected chi connectivity index (χ0v) is 12.0. The second kappa shape index (κ2) is 6.23. The maximum absolute atomic E-state index is 12.7. The van der Waals surface area contributed by atoms with E-state index < -0.39 is 12.1 Å². The summed E-state index contributed by atoms with van der Waals surface area (Å²) in [5, 5.41) is 8.85. The number of nitrogens with zero attached hydrogens (tertiary/aromatic N) is 1. The first-order valence-electron chi connectivity index (χ1n) is 7.16. The summed E-state index contributed by atoms with van der Waals surface area (Å²) in [5.74, 6) is -0.110. The second-order valence-electron chi connectivity index (χ2n) is 5.17. The molecule has 3 rings (SSSR count). The number of hydrogen-bond donors (Lipinski definition) is 1. The molecule has 1 N–H and O–H groups in total. The number of carboxylic acid groups (broad SMARTS) is 1. The Morgan fingerprint density at radius 2 is 2.05 bits per heavy atom. The summed E-state index contributed by atoms with van der Waals surface area (Å²) in [6.45, 7) is 1.89. The minimum Gasteiger partial charge on any atom is -0.486 e. The lowest BCUT2D eigenvalue weighted by atomic mass is 10.1. The SMILES string of the molecule is O=C(O)CC1CN(C(=O)c2cccc3c2OCCO3)CCO1. The highest BCUT2D eigenvalue weighted by Crippen LogP contribution is 2.34.